The van der Waals surface area contributed by atoms with Crippen molar-refractivity contribution in [1.29, 1.82) is 0 Å². The molecule has 31 heavy (non-hydrogen) atoms. The minimum absolute atomic E-state index is 0.111. The fourth-order valence-electron chi connectivity index (χ4n) is 3.28. The van der Waals surface area contributed by atoms with Crippen molar-refractivity contribution in [2.75, 3.05) is 19.8 Å². The molecule has 0 aliphatic heterocycles. The van der Waals surface area contributed by atoms with Crippen LogP contribution in [0.2, 0.25) is 0 Å². The second kappa shape index (κ2) is 12.3. The van der Waals surface area contributed by atoms with Crippen LogP contribution in [0, 0.1) is 12.3 Å². The van der Waals surface area contributed by atoms with Crippen LogP contribution in [-0.4, -0.2) is 59.8 Å². The first-order chi connectivity index (χ1) is 14.0. The van der Waals surface area contributed by atoms with Gasteiger partial charge in [-0.05, 0) is 40.0 Å². The SMILES string of the molecule is Cc1c(C(C)(C)C)cc(C(O)C(CO)(CO)CO)cc1C(C)(C)C.OP(O)OP(O)O. The molecule has 0 spiro atoms. The molecule has 0 bridgehead atoms. The Hall–Kier alpha value is -0.280. The molecule has 9 nitrogen and oxygen atoms in total. The van der Waals surface area contributed by atoms with E-state index in [1.165, 1.54) is 5.56 Å². The summed E-state index contributed by atoms with van der Waals surface area (Å²) >= 11 is 0. The van der Waals surface area contributed by atoms with Gasteiger partial charge in [0.25, 0.3) is 0 Å². The van der Waals surface area contributed by atoms with Gasteiger partial charge in [-0.25, -0.2) is 4.31 Å². The molecule has 1 rings (SSSR count). The van der Waals surface area contributed by atoms with E-state index in [0.717, 1.165) is 11.1 Å². The van der Waals surface area contributed by atoms with Gasteiger partial charge in [-0.15, -0.1) is 0 Å². The number of aliphatic hydroxyl groups excluding tert-OH is 4. The second-order valence-corrected chi connectivity index (χ2v) is 11.2. The summed E-state index contributed by atoms with van der Waals surface area (Å²) in [5.74, 6) is 0. The van der Waals surface area contributed by atoms with Crippen molar-refractivity contribution in [3.8, 4) is 0 Å². The molecule has 182 valence electrons. The third-order valence-corrected chi connectivity index (χ3v) is 6.20. The van der Waals surface area contributed by atoms with Crippen LogP contribution in [0.5, 0.6) is 0 Å². The predicted molar refractivity (Wildman–Crippen MR) is 121 cm³/mol. The maximum Gasteiger partial charge on any atom is 0.334 e. The highest BCUT2D eigenvalue weighted by atomic mass is 31.2. The van der Waals surface area contributed by atoms with E-state index in [2.05, 4.69) is 52.8 Å². The monoisotopic (exact) mass is 484 g/mol. The van der Waals surface area contributed by atoms with Crippen molar-refractivity contribution in [3.63, 3.8) is 0 Å². The molecule has 1 aromatic rings. The van der Waals surface area contributed by atoms with E-state index in [1.54, 1.807) is 0 Å². The van der Waals surface area contributed by atoms with Gasteiger partial charge in [0.1, 0.15) is 0 Å². The van der Waals surface area contributed by atoms with Gasteiger partial charge in [-0.1, -0.05) is 53.7 Å². The van der Waals surface area contributed by atoms with E-state index in [-0.39, 0.29) is 10.8 Å². The van der Waals surface area contributed by atoms with Crippen LogP contribution in [0.4, 0.5) is 0 Å². The fourth-order valence-corrected chi connectivity index (χ4v) is 3.80. The third-order valence-electron chi connectivity index (χ3n) is 5.03. The van der Waals surface area contributed by atoms with Crippen LogP contribution in [0.15, 0.2) is 12.1 Å². The number of hydrogen-bond donors (Lipinski definition) is 8. The first-order valence-corrected chi connectivity index (χ1v) is 12.0. The molecule has 11 heteroatoms. The zero-order valence-corrected chi connectivity index (χ0v) is 21.0. The Morgan fingerprint density at radius 1 is 0.774 bits per heavy atom. The number of rotatable bonds is 7. The first kappa shape index (κ1) is 30.7. The van der Waals surface area contributed by atoms with Crippen molar-refractivity contribution >= 4 is 17.2 Å². The van der Waals surface area contributed by atoms with Crippen LogP contribution in [0.1, 0.15) is 69.9 Å². The molecule has 8 N–H and O–H groups in total. The average molecular weight is 484 g/mol. The minimum atomic E-state index is -2.61. The summed E-state index contributed by atoms with van der Waals surface area (Å²) in [6, 6.07) is 3.87. The quantitative estimate of drug-likeness (QED) is 0.270. The summed E-state index contributed by atoms with van der Waals surface area (Å²) in [7, 11) is -5.22. The molecule has 0 heterocycles. The third kappa shape index (κ3) is 8.88. The van der Waals surface area contributed by atoms with Gasteiger partial charge in [0, 0.05) is 0 Å². The maximum atomic E-state index is 10.8. The van der Waals surface area contributed by atoms with Crippen LogP contribution in [0.25, 0.3) is 0 Å². The molecule has 0 aliphatic carbocycles. The van der Waals surface area contributed by atoms with Crippen molar-refractivity contribution in [1.82, 2.24) is 0 Å². The molecule has 0 amide bonds. The summed E-state index contributed by atoms with van der Waals surface area (Å²) < 4.78 is 3.60. The normalized spacial score (nSPS) is 14.0. The van der Waals surface area contributed by atoms with E-state index in [0.29, 0.717) is 5.56 Å². The first-order valence-electron chi connectivity index (χ1n) is 9.66. The lowest BCUT2D eigenvalue weighted by Crippen LogP contribution is -2.40. The summed E-state index contributed by atoms with van der Waals surface area (Å²) in [6.45, 7) is 13.3. The molecule has 0 saturated heterocycles. The number of aliphatic hydroxyl groups is 4. The fraction of sp³-hybridized carbons (Fsp3) is 0.700. The standard InChI is InChI=1S/C20H34O4.H4O5P2/c1-13-15(18(2,3)4)8-14(9-16(13)19(5,6)7)17(24)20(10-21,11-22)12-23;1-6(2)5-7(3)4/h8-9,17,21-24H,10-12H2,1-7H3;1-4H. The van der Waals surface area contributed by atoms with Crippen molar-refractivity contribution in [2.45, 2.75) is 65.4 Å². The highest BCUT2D eigenvalue weighted by molar-refractivity contribution is 7.53. The lowest BCUT2D eigenvalue weighted by molar-refractivity contribution is -0.0852. The molecule has 1 aromatic carbocycles. The average Bonchev–Trinajstić information content (AvgIpc) is 2.61. The largest absolute Gasteiger partial charge is 0.395 e. The summed E-state index contributed by atoms with van der Waals surface area (Å²) in [4.78, 5) is 31.3. The Kier molecular flexibility index (Phi) is 12.1. The van der Waals surface area contributed by atoms with Crippen LogP contribution in [0.3, 0.4) is 0 Å². The van der Waals surface area contributed by atoms with E-state index in [4.69, 9.17) is 19.6 Å². The van der Waals surface area contributed by atoms with Gasteiger partial charge in [0.05, 0.1) is 31.3 Å². The molecule has 1 unspecified atom stereocenters. The van der Waals surface area contributed by atoms with Crippen LogP contribution in [-0.2, 0) is 15.1 Å². The van der Waals surface area contributed by atoms with Gasteiger partial charge in [0.2, 0.25) is 0 Å². The molecular weight excluding hydrogens is 446 g/mol. The molecule has 1 atom stereocenters. The van der Waals surface area contributed by atoms with Gasteiger partial charge >= 0.3 is 17.2 Å². The minimum Gasteiger partial charge on any atom is -0.395 e. The number of benzene rings is 1. The second-order valence-electron chi connectivity index (χ2n) is 9.57. The Labute approximate surface area is 187 Å². The van der Waals surface area contributed by atoms with Crippen LogP contribution < -0.4 is 0 Å². The van der Waals surface area contributed by atoms with E-state index < -0.39 is 48.5 Å². The Morgan fingerprint density at radius 2 is 1.10 bits per heavy atom. The molecule has 0 radical (unpaired) electrons. The van der Waals surface area contributed by atoms with Crippen molar-refractivity contribution in [2.24, 2.45) is 5.41 Å². The Balaban J connectivity index is 0.00000110. The van der Waals surface area contributed by atoms with Gasteiger partial charge < -0.3 is 40.0 Å². The zero-order chi connectivity index (χ0) is 24.8. The lowest BCUT2D eigenvalue weighted by atomic mass is 9.73. The van der Waals surface area contributed by atoms with Gasteiger partial charge in [-0.2, -0.15) is 0 Å². The van der Waals surface area contributed by atoms with E-state index in [9.17, 15) is 20.4 Å². The molecule has 0 saturated carbocycles. The highest BCUT2D eigenvalue weighted by Crippen LogP contribution is 2.42. The molecule has 0 aromatic heterocycles. The summed E-state index contributed by atoms with van der Waals surface area (Å²) in [6.07, 6.45) is -1.15. The molecule has 0 aliphatic rings. The molecule has 0 fully saturated rings. The zero-order valence-electron chi connectivity index (χ0n) is 19.2. The Morgan fingerprint density at radius 3 is 1.29 bits per heavy atom. The predicted octanol–water partition coefficient (Wildman–Crippen LogP) is 2.01. The van der Waals surface area contributed by atoms with E-state index >= 15 is 0 Å². The maximum absolute atomic E-state index is 10.8. The summed E-state index contributed by atoms with van der Waals surface area (Å²) in [5.41, 5.74) is 2.46. The van der Waals surface area contributed by atoms with Gasteiger partial charge in [0.15, 0.2) is 0 Å². The smallest absolute Gasteiger partial charge is 0.334 e. The van der Waals surface area contributed by atoms with Crippen LogP contribution >= 0.6 is 17.2 Å². The highest BCUT2D eigenvalue weighted by Gasteiger charge is 2.39. The van der Waals surface area contributed by atoms with Crippen molar-refractivity contribution < 1.29 is 44.3 Å². The summed E-state index contributed by atoms with van der Waals surface area (Å²) in [5, 5.41) is 39.7. The lowest BCUT2D eigenvalue weighted by Gasteiger charge is -2.36. The topological polar surface area (TPSA) is 171 Å². The number of hydrogen-bond acceptors (Lipinski definition) is 9. The molecular formula is C20H38O9P2. The van der Waals surface area contributed by atoms with E-state index in [1.807, 2.05) is 12.1 Å². The Bertz CT molecular complexity index is 629. The van der Waals surface area contributed by atoms with Crippen molar-refractivity contribution in [3.05, 3.63) is 34.4 Å². The van der Waals surface area contributed by atoms with Gasteiger partial charge in [-0.3, -0.25) is 0 Å².